The number of oxazole rings is 1. The van der Waals surface area contributed by atoms with Crippen LogP contribution in [0, 0.1) is 0 Å². The molecule has 8 aromatic carbocycles. The van der Waals surface area contributed by atoms with Gasteiger partial charge >= 0.3 is 0 Å². The standard InChI is InChI=1S/C49H31N3O3/c1-4-14-32(15-5-1)49-50-42-29-37(51(33-16-6-2-7-17-33)35-25-27-46-41(28-35)39-21-11-13-23-45(39)53-46)30-43(48(42)55-49)52(34-18-8-3-9-19-34)36-24-26-40-38-20-10-12-22-44(38)54-47(40)31-36/h1-31H. The minimum atomic E-state index is 0.548. The van der Waals surface area contributed by atoms with Crippen molar-refractivity contribution < 1.29 is 13.3 Å². The van der Waals surface area contributed by atoms with Gasteiger partial charge in [0.25, 0.3) is 0 Å². The maximum absolute atomic E-state index is 6.78. The highest BCUT2D eigenvalue weighted by atomic mass is 16.4. The summed E-state index contributed by atoms with van der Waals surface area (Å²) in [5.74, 6) is 0.548. The van der Waals surface area contributed by atoms with Gasteiger partial charge in [0, 0.05) is 50.2 Å². The van der Waals surface area contributed by atoms with Crippen LogP contribution in [0.3, 0.4) is 0 Å². The van der Waals surface area contributed by atoms with Crippen molar-refractivity contribution in [3.8, 4) is 11.5 Å². The van der Waals surface area contributed by atoms with E-state index in [9.17, 15) is 0 Å². The lowest BCUT2D eigenvalue weighted by atomic mass is 10.1. The van der Waals surface area contributed by atoms with Crippen LogP contribution in [0.15, 0.2) is 201 Å². The summed E-state index contributed by atoms with van der Waals surface area (Å²) in [4.78, 5) is 9.65. The van der Waals surface area contributed by atoms with Crippen molar-refractivity contribution >= 4 is 89.1 Å². The molecule has 0 unspecified atom stereocenters. The van der Waals surface area contributed by atoms with Gasteiger partial charge in [-0.3, -0.25) is 0 Å². The van der Waals surface area contributed by atoms with Gasteiger partial charge in [-0.25, -0.2) is 4.98 Å². The van der Waals surface area contributed by atoms with E-state index >= 15 is 0 Å². The van der Waals surface area contributed by atoms with Crippen LogP contribution in [0.1, 0.15) is 0 Å². The number of benzene rings is 8. The summed E-state index contributed by atoms with van der Waals surface area (Å²) in [6.07, 6.45) is 0. The highest BCUT2D eigenvalue weighted by Crippen LogP contribution is 2.47. The quantitative estimate of drug-likeness (QED) is 0.164. The molecule has 0 N–H and O–H groups in total. The average Bonchev–Trinajstić information content (AvgIpc) is 3.96. The Hall–Kier alpha value is -7.57. The second-order valence-corrected chi connectivity index (χ2v) is 13.6. The lowest BCUT2D eigenvalue weighted by Gasteiger charge is -2.29. The van der Waals surface area contributed by atoms with Gasteiger partial charge in [-0.2, -0.15) is 0 Å². The monoisotopic (exact) mass is 709 g/mol. The summed E-state index contributed by atoms with van der Waals surface area (Å²) in [6, 6.07) is 64.3. The summed E-state index contributed by atoms with van der Waals surface area (Å²) in [5, 5.41) is 4.27. The number of hydrogen-bond acceptors (Lipinski definition) is 6. The molecule has 55 heavy (non-hydrogen) atoms. The molecule has 0 spiro atoms. The molecule has 11 aromatic rings. The van der Waals surface area contributed by atoms with Gasteiger partial charge in [0.15, 0.2) is 5.58 Å². The largest absolute Gasteiger partial charge is 0.456 e. The van der Waals surface area contributed by atoms with Crippen molar-refractivity contribution in [3.63, 3.8) is 0 Å². The predicted molar refractivity (Wildman–Crippen MR) is 223 cm³/mol. The van der Waals surface area contributed by atoms with Gasteiger partial charge in [0.1, 0.15) is 27.8 Å². The Morgan fingerprint density at radius 3 is 1.62 bits per heavy atom. The molecule has 0 amide bonds. The number of nitrogens with zero attached hydrogens (tertiary/aromatic N) is 3. The molecule has 11 rings (SSSR count). The Kier molecular flexibility index (Phi) is 7.07. The van der Waals surface area contributed by atoms with E-state index in [2.05, 4.69) is 125 Å². The molecular formula is C49H31N3O3. The molecule has 0 atom stereocenters. The van der Waals surface area contributed by atoms with E-state index in [4.69, 9.17) is 18.2 Å². The summed E-state index contributed by atoms with van der Waals surface area (Å²) < 4.78 is 19.4. The molecule has 0 saturated carbocycles. The third kappa shape index (κ3) is 5.23. The molecule has 3 heterocycles. The number of rotatable bonds is 7. The Labute approximate surface area is 315 Å². The number of anilines is 6. The number of aromatic nitrogens is 1. The normalized spacial score (nSPS) is 11.6. The van der Waals surface area contributed by atoms with E-state index < -0.39 is 0 Å². The zero-order valence-corrected chi connectivity index (χ0v) is 29.5. The van der Waals surface area contributed by atoms with E-state index in [1.54, 1.807) is 0 Å². The minimum Gasteiger partial charge on any atom is -0.456 e. The van der Waals surface area contributed by atoms with Crippen molar-refractivity contribution in [3.05, 3.63) is 188 Å². The average molecular weight is 710 g/mol. The summed E-state index contributed by atoms with van der Waals surface area (Å²) in [5.41, 5.74) is 11.3. The van der Waals surface area contributed by atoms with Crippen LogP contribution in [0.4, 0.5) is 34.1 Å². The van der Waals surface area contributed by atoms with Crippen molar-refractivity contribution in [1.29, 1.82) is 0 Å². The van der Waals surface area contributed by atoms with Crippen molar-refractivity contribution in [1.82, 2.24) is 4.98 Å². The highest BCUT2D eigenvalue weighted by molar-refractivity contribution is 6.08. The molecule has 0 bridgehead atoms. The lowest BCUT2D eigenvalue weighted by molar-refractivity contribution is 0.620. The summed E-state index contributed by atoms with van der Waals surface area (Å²) in [7, 11) is 0. The third-order valence-electron chi connectivity index (χ3n) is 10.2. The number of para-hydroxylation sites is 4. The molecule has 0 saturated heterocycles. The fourth-order valence-electron chi connectivity index (χ4n) is 7.74. The van der Waals surface area contributed by atoms with Gasteiger partial charge in [0.2, 0.25) is 5.89 Å². The van der Waals surface area contributed by atoms with Crippen LogP contribution >= 0.6 is 0 Å². The molecule has 260 valence electrons. The maximum Gasteiger partial charge on any atom is 0.227 e. The van der Waals surface area contributed by atoms with Gasteiger partial charge in [0.05, 0.1) is 17.1 Å². The second-order valence-electron chi connectivity index (χ2n) is 13.6. The molecule has 0 aliphatic carbocycles. The fraction of sp³-hybridized carbons (Fsp3) is 0. The van der Waals surface area contributed by atoms with E-state index in [1.165, 1.54) is 0 Å². The van der Waals surface area contributed by atoms with Crippen molar-refractivity contribution in [2.45, 2.75) is 0 Å². The zero-order chi connectivity index (χ0) is 36.3. The first-order chi connectivity index (χ1) is 27.2. The smallest absolute Gasteiger partial charge is 0.227 e. The zero-order valence-electron chi connectivity index (χ0n) is 29.5. The molecule has 0 aliphatic heterocycles. The van der Waals surface area contributed by atoms with Crippen molar-refractivity contribution in [2.24, 2.45) is 0 Å². The SMILES string of the molecule is c1ccc(-c2nc3cc(N(c4ccccc4)c4ccc5oc6ccccc6c5c4)cc(N(c4ccccc4)c4ccc5c(c4)oc4ccccc45)c3o2)cc1. The molecule has 0 fully saturated rings. The lowest BCUT2D eigenvalue weighted by Crippen LogP contribution is -2.13. The predicted octanol–water partition coefficient (Wildman–Crippen LogP) is 14.2. The first-order valence-corrected chi connectivity index (χ1v) is 18.3. The third-order valence-corrected chi connectivity index (χ3v) is 10.2. The molecule has 3 aromatic heterocycles. The van der Waals surface area contributed by atoms with Gasteiger partial charge in [-0.05, 0) is 91.0 Å². The number of hydrogen-bond donors (Lipinski definition) is 0. The first kappa shape index (κ1) is 31.0. The van der Waals surface area contributed by atoms with Gasteiger partial charge in [-0.15, -0.1) is 0 Å². The Balaban J connectivity index is 1.19. The number of furan rings is 2. The van der Waals surface area contributed by atoms with Gasteiger partial charge < -0.3 is 23.1 Å². The van der Waals surface area contributed by atoms with Crippen molar-refractivity contribution in [2.75, 3.05) is 9.80 Å². The van der Waals surface area contributed by atoms with Crippen LogP contribution in [0.25, 0.3) is 66.4 Å². The van der Waals surface area contributed by atoms with Crippen LogP contribution in [0.5, 0.6) is 0 Å². The Morgan fingerprint density at radius 1 is 0.345 bits per heavy atom. The highest BCUT2D eigenvalue weighted by Gasteiger charge is 2.25. The molecule has 6 nitrogen and oxygen atoms in total. The van der Waals surface area contributed by atoms with E-state index in [0.29, 0.717) is 11.5 Å². The second kappa shape index (κ2) is 12.5. The van der Waals surface area contributed by atoms with E-state index in [0.717, 1.165) is 89.1 Å². The molecule has 0 radical (unpaired) electrons. The van der Waals surface area contributed by atoms with Crippen LogP contribution in [-0.2, 0) is 0 Å². The fourth-order valence-corrected chi connectivity index (χ4v) is 7.74. The summed E-state index contributed by atoms with van der Waals surface area (Å²) >= 11 is 0. The maximum atomic E-state index is 6.78. The summed E-state index contributed by atoms with van der Waals surface area (Å²) in [6.45, 7) is 0. The minimum absolute atomic E-state index is 0.548. The van der Waals surface area contributed by atoms with Crippen LogP contribution in [-0.4, -0.2) is 4.98 Å². The first-order valence-electron chi connectivity index (χ1n) is 18.3. The number of fused-ring (bicyclic) bond motifs is 7. The molecule has 6 heteroatoms. The molecular weight excluding hydrogens is 679 g/mol. The Bertz CT molecular complexity index is 3170. The Morgan fingerprint density at radius 2 is 0.891 bits per heavy atom. The van der Waals surface area contributed by atoms with E-state index in [1.807, 2.05) is 72.8 Å². The van der Waals surface area contributed by atoms with Gasteiger partial charge in [-0.1, -0.05) is 91.0 Å². The van der Waals surface area contributed by atoms with Crippen LogP contribution < -0.4 is 9.80 Å². The van der Waals surface area contributed by atoms with Crippen LogP contribution in [0.2, 0.25) is 0 Å². The topological polar surface area (TPSA) is 58.8 Å². The molecule has 0 aliphatic rings. The van der Waals surface area contributed by atoms with E-state index in [-0.39, 0.29) is 0 Å².